The number of anilines is 1. The molecule has 2 aromatic carbocycles. The Morgan fingerprint density at radius 1 is 1.15 bits per heavy atom. The molecule has 0 bridgehead atoms. The van der Waals surface area contributed by atoms with Gasteiger partial charge in [0.05, 0.1) is 6.54 Å². The Morgan fingerprint density at radius 2 is 1.92 bits per heavy atom. The lowest BCUT2D eigenvalue weighted by molar-refractivity contribution is 0.247. The minimum absolute atomic E-state index is 0.308. The van der Waals surface area contributed by atoms with Crippen LogP contribution in [0.1, 0.15) is 11.1 Å². The van der Waals surface area contributed by atoms with Gasteiger partial charge in [-0.15, -0.1) is 10.2 Å². The van der Waals surface area contributed by atoms with Crippen molar-refractivity contribution in [3.05, 3.63) is 60.0 Å². The molecule has 0 unspecified atom stereocenters. The van der Waals surface area contributed by atoms with Gasteiger partial charge in [-0.25, -0.2) is 4.79 Å². The van der Waals surface area contributed by atoms with Crippen molar-refractivity contribution in [3.8, 4) is 17.2 Å². The van der Waals surface area contributed by atoms with Crippen molar-refractivity contribution >= 4 is 11.7 Å². The number of benzene rings is 2. The number of ether oxygens (including phenoxy) is 1. The minimum Gasteiger partial charge on any atom is -0.491 e. The van der Waals surface area contributed by atoms with Gasteiger partial charge < -0.3 is 19.8 Å². The summed E-state index contributed by atoms with van der Waals surface area (Å²) in [6.45, 7) is 4.78. The number of nitrogens with zero attached hydrogens (tertiary/aromatic N) is 2. The van der Waals surface area contributed by atoms with E-state index < -0.39 is 0 Å². The van der Waals surface area contributed by atoms with Gasteiger partial charge in [-0.1, -0.05) is 24.3 Å². The average Bonchev–Trinajstić information content (AvgIpc) is 3.15. The second kappa shape index (κ2) is 8.15. The number of para-hydroxylation sites is 1. The smallest absolute Gasteiger partial charge is 0.319 e. The molecule has 0 saturated heterocycles. The molecule has 134 valence electrons. The highest BCUT2D eigenvalue weighted by atomic mass is 16.5. The van der Waals surface area contributed by atoms with Crippen LogP contribution >= 0.6 is 0 Å². The molecule has 0 aliphatic carbocycles. The van der Waals surface area contributed by atoms with Gasteiger partial charge in [-0.2, -0.15) is 0 Å². The molecule has 7 heteroatoms. The van der Waals surface area contributed by atoms with Crippen molar-refractivity contribution in [2.75, 3.05) is 18.5 Å². The van der Waals surface area contributed by atoms with Crippen molar-refractivity contribution in [1.82, 2.24) is 15.5 Å². The highest BCUT2D eigenvalue weighted by molar-refractivity contribution is 5.89. The average molecular weight is 352 g/mol. The van der Waals surface area contributed by atoms with Crippen molar-refractivity contribution in [1.29, 1.82) is 0 Å². The van der Waals surface area contributed by atoms with Gasteiger partial charge in [-0.05, 0) is 43.2 Å². The minimum atomic E-state index is -0.308. The summed E-state index contributed by atoms with van der Waals surface area (Å²) in [4.78, 5) is 12.0. The highest BCUT2D eigenvalue weighted by Crippen LogP contribution is 2.22. The molecule has 3 rings (SSSR count). The SMILES string of the molecule is Cc1cccc(C)c1OCCNC(=O)Nc1cccc(-c2nnco2)c1. The number of carbonyl (C=O) groups is 1. The number of hydrogen-bond donors (Lipinski definition) is 2. The predicted molar refractivity (Wildman–Crippen MR) is 98.2 cm³/mol. The monoisotopic (exact) mass is 352 g/mol. The van der Waals surface area contributed by atoms with Crippen LogP contribution in [0.3, 0.4) is 0 Å². The summed E-state index contributed by atoms with van der Waals surface area (Å²) >= 11 is 0. The molecule has 0 saturated carbocycles. The van der Waals surface area contributed by atoms with Gasteiger partial charge in [0.1, 0.15) is 12.4 Å². The Labute approximate surface area is 151 Å². The van der Waals surface area contributed by atoms with Crippen LogP contribution in [0.2, 0.25) is 0 Å². The zero-order chi connectivity index (χ0) is 18.4. The largest absolute Gasteiger partial charge is 0.491 e. The first-order valence-corrected chi connectivity index (χ1v) is 8.24. The zero-order valence-electron chi connectivity index (χ0n) is 14.7. The van der Waals surface area contributed by atoms with Crippen LogP contribution in [0.5, 0.6) is 5.75 Å². The van der Waals surface area contributed by atoms with Gasteiger partial charge in [-0.3, -0.25) is 0 Å². The van der Waals surface area contributed by atoms with Crippen LogP contribution in [-0.4, -0.2) is 29.4 Å². The number of aromatic nitrogens is 2. The first kappa shape index (κ1) is 17.5. The highest BCUT2D eigenvalue weighted by Gasteiger charge is 2.07. The van der Waals surface area contributed by atoms with E-state index in [0.29, 0.717) is 24.7 Å². The maximum absolute atomic E-state index is 12.0. The number of rotatable bonds is 6. The molecule has 0 atom stereocenters. The molecule has 0 fully saturated rings. The molecule has 2 amide bonds. The Hall–Kier alpha value is -3.35. The lowest BCUT2D eigenvalue weighted by atomic mass is 10.1. The fourth-order valence-electron chi connectivity index (χ4n) is 2.55. The van der Waals surface area contributed by atoms with E-state index in [9.17, 15) is 4.79 Å². The Kier molecular flexibility index (Phi) is 5.48. The lowest BCUT2D eigenvalue weighted by Crippen LogP contribution is -2.32. The number of aryl methyl sites for hydroxylation is 2. The van der Waals surface area contributed by atoms with E-state index >= 15 is 0 Å². The van der Waals surface area contributed by atoms with E-state index in [4.69, 9.17) is 9.15 Å². The molecular weight excluding hydrogens is 332 g/mol. The standard InChI is InChI=1S/C19H20N4O3/c1-13-5-3-6-14(2)17(13)25-10-9-20-19(24)22-16-8-4-7-15(11-16)18-23-21-12-26-18/h3-8,11-12H,9-10H2,1-2H3,(H2,20,22,24). The maximum Gasteiger partial charge on any atom is 0.319 e. The Balaban J connectivity index is 1.48. The zero-order valence-corrected chi connectivity index (χ0v) is 14.7. The van der Waals surface area contributed by atoms with Crippen LogP contribution in [0.15, 0.2) is 53.3 Å². The van der Waals surface area contributed by atoms with Gasteiger partial charge >= 0.3 is 6.03 Å². The Bertz CT molecular complexity index is 858. The predicted octanol–water partition coefficient (Wildman–Crippen LogP) is 3.55. The van der Waals surface area contributed by atoms with E-state index in [2.05, 4.69) is 20.8 Å². The number of nitrogens with one attached hydrogen (secondary N) is 2. The molecule has 0 spiro atoms. The molecule has 0 radical (unpaired) electrons. The molecular formula is C19H20N4O3. The molecule has 7 nitrogen and oxygen atoms in total. The summed E-state index contributed by atoms with van der Waals surface area (Å²) in [5.74, 6) is 1.26. The number of amides is 2. The topological polar surface area (TPSA) is 89.3 Å². The summed E-state index contributed by atoms with van der Waals surface area (Å²) in [5.41, 5.74) is 3.52. The van der Waals surface area contributed by atoms with Crippen molar-refractivity contribution in [2.24, 2.45) is 0 Å². The molecule has 0 aliphatic heterocycles. The van der Waals surface area contributed by atoms with Gasteiger partial charge in [0.15, 0.2) is 0 Å². The third-order valence-corrected chi connectivity index (χ3v) is 3.77. The van der Waals surface area contributed by atoms with E-state index in [-0.39, 0.29) is 6.03 Å². The number of urea groups is 1. The first-order chi connectivity index (χ1) is 12.6. The second-order valence-electron chi connectivity index (χ2n) is 5.77. The Morgan fingerprint density at radius 3 is 2.65 bits per heavy atom. The fourth-order valence-corrected chi connectivity index (χ4v) is 2.55. The summed E-state index contributed by atoms with van der Waals surface area (Å²) in [6, 6.07) is 12.9. The fraction of sp³-hybridized carbons (Fsp3) is 0.211. The van der Waals surface area contributed by atoms with Gasteiger partial charge in [0.2, 0.25) is 12.3 Å². The summed E-state index contributed by atoms with van der Waals surface area (Å²) in [7, 11) is 0. The first-order valence-electron chi connectivity index (χ1n) is 8.24. The van der Waals surface area contributed by atoms with Crippen LogP contribution in [0.25, 0.3) is 11.5 Å². The molecule has 0 aliphatic rings. The van der Waals surface area contributed by atoms with E-state index in [1.54, 1.807) is 18.2 Å². The van der Waals surface area contributed by atoms with E-state index in [0.717, 1.165) is 22.4 Å². The molecule has 1 heterocycles. The number of carbonyl (C=O) groups excluding carboxylic acids is 1. The number of hydrogen-bond acceptors (Lipinski definition) is 5. The van der Waals surface area contributed by atoms with Gasteiger partial charge in [0, 0.05) is 11.3 Å². The van der Waals surface area contributed by atoms with Crippen molar-refractivity contribution in [2.45, 2.75) is 13.8 Å². The molecule has 2 N–H and O–H groups in total. The summed E-state index contributed by atoms with van der Waals surface area (Å²) in [5, 5.41) is 13.0. The van der Waals surface area contributed by atoms with Crippen LogP contribution < -0.4 is 15.4 Å². The van der Waals surface area contributed by atoms with Crippen molar-refractivity contribution < 1.29 is 13.9 Å². The van der Waals surface area contributed by atoms with Crippen LogP contribution in [0.4, 0.5) is 10.5 Å². The normalized spacial score (nSPS) is 10.4. The van der Waals surface area contributed by atoms with Gasteiger partial charge in [0.25, 0.3) is 0 Å². The van der Waals surface area contributed by atoms with E-state index in [1.807, 2.05) is 38.1 Å². The molecule has 1 aromatic heterocycles. The van der Waals surface area contributed by atoms with Crippen LogP contribution in [0, 0.1) is 13.8 Å². The maximum atomic E-state index is 12.0. The van der Waals surface area contributed by atoms with E-state index in [1.165, 1.54) is 6.39 Å². The molecule has 26 heavy (non-hydrogen) atoms. The second-order valence-corrected chi connectivity index (χ2v) is 5.77. The summed E-state index contributed by atoms with van der Waals surface area (Å²) in [6.07, 6.45) is 1.26. The third-order valence-electron chi connectivity index (χ3n) is 3.77. The molecule has 3 aromatic rings. The van der Waals surface area contributed by atoms with Crippen LogP contribution in [-0.2, 0) is 0 Å². The quantitative estimate of drug-likeness (QED) is 0.662. The third kappa shape index (κ3) is 4.38. The summed E-state index contributed by atoms with van der Waals surface area (Å²) < 4.78 is 10.9. The lowest BCUT2D eigenvalue weighted by Gasteiger charge is -2.13. The van der Waals surface area contributed by atoms with Crippen molar-refractivity contribution in [3.63, 3.8) is 0 Å².